The number of phosphoric ester groups is 1. The molecule has 0 aromatic carbocycles. The summed E-state index contributed by atoms with van der Waals surface area (Å²) in [5.74, 6) is 0. The fourth-order valence-electron chi connectivity index (χ4n) is 2.84. The molecule has 32 heavy (non-hydrogen) atoms. The summed E-state index contributed by atoms with van der Waals surface area (Å²) in [6.45, 7) is 2.86. The van der Waals surface area contributed by atoms with E-state index in [-0.39, 0.29) is 13.2 Å². The number of ether oxygens (including phenoxy) is 3. The van der Waals surface area contributed by atoms with Gasteiger partial charge in [0.2, 0.25) is 0 Å². The summed E-state index contributed by atoms with van der Waals surface area (Å²) < 4.78 is 37.2. The molecule has 0 saturated carbocycles. The first-order valence-corrected chi connectivity index (χ1v) is 13.3. The van der Waals surface area contributed by atoms with Gasteiger partial charge in [0, 0.05) is 6.61 Å². The van der Waals surface area contributed by atoms with Crippen LogP contribution in [0, 0.1) is 0 Å². The van der Waals surface area contributed by atoms with Crippen molar-refractivity contribution in [3.05, 3.63) is 0 Å². The fraction of sp³-hybridized carbons (Fsp3) is 0.955. The second-order valence-corrected chi connectivity index (χ2v) is 10.5. The van der Waals surface area contributed by atoms with E-state index in [0.29, 0.717) is 17.6 Å². The Morgan fingerprint density at radius 3 is 1.97 bits per heavy atom. The molecule has 2 unspecified atom stereocenters. The predicted molar refractivity (Wildman–Crippen MR) is 122 cm³/mol. The number of carbonyl (C=O) groups excluding carboxylic acids is 1. The van der Waals surface area contributed by atoms with Crippen LogP contribution < -0.4 is 4.89 Å². The molecule has 10 heteroatoms. The molecule has 0 spiro atoms. The van der Waals surface area contributed by atoms with Crippen molar-refractivity contribution in [1.29, 1.82) is 0 Å². The Morgan fingerprint density at radius 2 is 1.44 bits per heavy atom. The van der Waals surface area contributed by atoms with Gasteiger partial charge in [-0.3, -0.25) is 4.57 Å². The van der Waals surface area contributed by atoms with Crippen molar-refractivity contribution in [1.82, 2.24) is 0 Å². The Balaban J connectivity index is 4.04. The molecule has 0 aromatic heterocycles. The normalized spacial score (nSPS) is 14.7. The van der Waals surface area contributed by atoms with Gasteiger partial charge < -0.3 is 32.6 Å². The molecule has 0 aromatic rings. The molecule has 192 valence electrons. The third-order valence-electron chi connectivity index (χ3n) is 4.81. The number of nitrogens with zero attached hydrogens (tertiary/aromatic N) is 1. The average molecular weight is 484 g/mol. The van der Waals surface area contributed by atoms with Crippen LogP contribution in [0.1, 0.15) is 71.1 Å². The third-order valence-corrected chi connectivity index (χ3v) is 5.77. The highest BCUT2D eigenvalue weighted by Gasteiger charge is 2.20. The summed E-state index contributed by atoms with van der Waals surface area (Å²) in [5.41, 5.74) is 0. The summed E-state index contributed by atoms with van der Waals surface area (Å²) in [5, 5.41) is 0. The van der Waals surface area contributed by atoms with E-state index in [1.807, 2.05) is 21.1 Å². The molecular weight excluding hydrogens is 437 g/mol. The summed E-state index contributed by atoms with van der Waals surface area (Å²) in [7, 11) is 2.44. The average Bonchev–Trinajstić information content (AvgIpc) is 2.71. The molecule has 0 radical (unpaired) electrons. The smallest absolute Gasteiger partial charge is 0.508 e. The van der Waals surface area contributed by atoms with Crippen molar-refractivity contribution in [2.75, 3.05) is 61.2 Å². The van der Waals surface area contributed by atoms with Crippen LogP contribution >= 0.6 is 7.82 Å². The van der Waals surface area contributed by atoms with Crippen molar-refractivity contribution in [3.8, 4) is 0 Å². The second kappa shape index (κ2) is 18.7. The van der Waals surface area contributed by atoms with Gasteiger partial charge in [0.25, 0.3) is 7.82 Å². The SMILES string of the molecule is CCCCCCCCCCCCOCC(COP(=O)([O-])OCC[N+](C)(C)C)OC(=O)OC. The van der Waals surface area contributed by atoms with E-state index in [9.17, 15) is 14.3 Å². The van der Waals surface area contributed by atoms with Crippen LogP contribution in [0.2, 0.25) is 0 Å². The maximum atomic E-state index is 11.9. The maximum Gasteiger partial charge on any atom is 0.508 e. The maximum absolute atomic E-state index is 11.9. The molecule has 9 nitrogen and oxygen atoms in total. The lowest BCUT2D eigenvalue weighted by Crippen LogP contribution is -2.37. The molecule has 0 aliphatic carbocycles. The highest BCUT2D eigenvalue weighted by molar-refractivity contribution is 7.45. The Bertz CT molecular complexity index is 513. The van der Waals surface area contributed by atoms with Gasteiger partial charge in [-0.05, 0) is 6.42 Å². The van der Waals surface area contributed by atoms with Crippen molar-refractivity contribution in [3.63, 3.8) is 0 Å². The largest absolute Gasteiger partial charge is 0.756 e. The lowest BCUT2D eigenvalue weighted by molar-refractivity contribution is -0.870. The molecular formula is C22H46NO8P. The fourth-order valence-corrected chi connectivity index (χ4v) is 3.57. The summed E-state index contributed by atoms with van der Waals surface area (Å²) in [4.78, 5) is 23.3. The molecule has 0 bridgehead atoms. The number of hydrogen-bond acceptors (Lipinski definition) is 8. The molecule has 0 aliphatic heterocycles. The number of phosphoric acid groups is 1. The molecule has 0 saturated heterocycles. The molecule has 0 aliphatic rings. The molecule has 2 atom stereocenters. The van der Waals surface area contributed by atoms with Crippen molar-refractivity contribution in [2.24, 2.45) is 0 Å². The molecule has 0 heterocycles. The molecule has 0 fully saturated rings. The van der Waals surface area contributed by atoms with E-state index in [2.05, 4.69) is 11.7 Å². The summed E-state index contributed by atoms with van der Waals surface area (Å²) >= 11 is 0. The molecule has 0 N–H and O–H groups in total. The van der Waals surface area contributed by atoms with Crippen LogP contribution in [0.25, 0.3) is 0 Å². The van der Waals surface area contributed by atoms with Gasteiger partial charge in [-0.1, -0.05) is 64.7 Å². The zero-order chi connectivity index (χ0) is 24.3. The van der Waals surface area contributed by atoms with Crippen LogP contribution in [0.4, 0.5) is 4.79 Å². The molecule has 0 rings (SSSR count). The van der Waals surface area contributed by atoms with E-state index in [1.165, 1.54) is 58.5 Å². The lowest BCUT2D eigenvalue weighted by Gasteiger charge is -2.28. The topological polar surface area (TPSA) is 103 Å². The van der Waals surface area contributed by atoms with Crippen molar-refractivity contribution in [2.45, 2.75) is 77.2 Å². The van der Waals surface area contributed by atoms with Gasteiger partial charge in [-0.15, -0.1) is 0 Å². The number of likely N-dealkylation sites (N-methyl/N-ethyl adjacent to an activating group) is 1. The standard InChI is InChI=1S/C22H46NO8P/c1-6-7-8-9-10-11-12-13-14-15-17-28-19-21(31-22(24)27-5)20-30-32(25,26)29-18-16-23(2,3)4/h21H,6-20H2,1-5H3. The zero-order valence-corrected chi connectivity index (χ0v) is 21.7. The van der Waals surface area contributed by atoms with Crippen LogP contribution in [0.3, 0.4) is 0 Å². The van der Waals surface area contributed by atoms with Gasteiger partial charge in [0.15, 0.2) is 6.10 Å². The van der Waals surface area contributed by atoms with Gasteiger partial charge in [0.05, 0.1) is 41.5 Å². The minimum Gasteiger partial charge on any atom is -0.756 e. The van der Waals surface area contributed by atoms with Crippen molar-refractivity contribution >= 4 is 14.0 Å². The number of quaternary nitrogens is 1. The number of unbranched alkanes of at least 4 members (excludes halogenated alkanes) is 9. The Morgan fingerprint density at radius 1 is 0.875 bits per heavy atom. The Kier molecular flexibility index (Phi) is 18.3. The Hall–Kier alpha value is -0.700. The van der Waals surface area contributed by atoms with E-state index in [4.69, 9.17) is 18.5 Å². The van der Waals surface area contributed by atoms with Crippen LogP contribution in [-0.2, 0) is 27.8 Å². The number of rotatable bonds is 21. The van der Waals surface area contributed by atoms with Gasteiger partial charge in [-0.2, -0.15) is 0 Å². The highest BCUT2D eigenvalue weighted by Crippen LogP contribution is 2.38. The van der Waals surface area contributed by atoms with Crippen LogP contribution in [0.5, 0.6) is 0 Å². The summed E-state index contributed by atoms with van der Waals surface area (Å²) in [6.07, 6.45) is 10.4. The van der Waals surface area contributed by atoms with Crippen molar-refractivity contribution < 1.29 is 42.0 Å². The van der Waals surface area contributed by atoms with Crippen LogP contribution in [0.15, 0.2) is 0 Å². The first-order valence-electron chi connectivity index (χ1n) is 11.8. The van der Waals surface area contributed by atoms with Crippen LogP contribution in [-0.4, -0.2) is 78.0 Å². The zero-order valence-electron chi connectivity index (χ0n) is 20.8. The second-order valence-electron chi connectivity index (χ2n) is 9.04. The monoisotopic (exact) mass is 483 g/mol. The molecule has 0 amide bonds. The van der Waals surface area contributed by atoms with Gasteiger partial charge in [0.1, 0.15) is 13.2 Å². The quantitative estimate of drug-likeness (QED) is 0.103. The number of hydrogen-bond donors (Lipinski definition) is 0. The van der Waals surface area contributed by atoms with E-state index in [0.717, 1.165) is 12.8 Å². The minimum absolute atomic E-state index is 0.00203. The van der Waals surface area contributed by atoms with E-state index >= 15 is 0 Å². The highest BCUT2D eigenvalue weighted by atomic mass is 31.2. The predicted octanol–water partition coefficient (Wildman–Crippen LogP) is 4.28. The third kappa shape index (κ3) is 21.2. The first kappa shape index (κ1) is 31.3. The lowest BCUT2D eigenvalue weighted by atomic mass is 10.1. The summed E-state index contributed by atoms with van der Waals surface area (Å²) in [6, 6.07) is 0. The number of methoxy groups -OCH3 is 1. The first-order chi connectivity index (χ1) is 15.1. The van der Waals surface area contributed by atoms with E-state index < -0.39 is 26.7 Å². The minimum atomic E-state index is -4.50. The number of carbonyl (C=O) groups is 1. The van der Waals surface area contributed by atoms with E-state index in [1.54, 1.807) is 0 Å². The van der Waals surface area contributed by atoms with Gasteiger partial charge in [-0.25, -0.2) is 4.79 Å². The van der Waals surface area contributed by atoms with Gasteiger partial charge >= 0.3 is 6.16 Å². The Labute approximate surface area is 194 Å².